The molecule has 0 aliphatic rings. The summed E-state index contributed by atoms with van der Waals surface area (Å²) in [4.78, 5) is 4.24. The fraction of sp³-hybridized carbons (Fsp3) is 0.562. The Balaban J connectivity index is 0.00000361. The average Bonchev–Trinajstić information content (AvgIpc) is 2.38. The van der Waals surface area contributed by atoms with E-state index in [0.29, 0.717) is 11.8 Å². The normalized spacial score (nSPS) is 12.8. The molecule has 1 atom stereocenters. The standard InChI is InChI=1S/C16H27N3.HI/c1-12(2)10-18-16(17-5)19-11-14(4)15-8-6-7-13(3)9-15;/h6-9,12,14H,10-11H2,1-5H3,(H2,17,18,19);1H. The first-order valence-corrected chi connectivity index (χ1v) is 7.04. The molecule has 0 bridgehead atoms. The van der Waals surface area contributed by atoms with E-state index < -0.39 is 0 Å². The molecule has 0 aliphatic carbocycles. The zero-order valence-electron chi connectivity index (χ0n) is 13.2. The minimum Gasteiger partial charge on any atom is -0.356 e. The van der Waals surface area contributed by atoms with Crippen LogP contribution >= 0.6 is 24.0 Å². The number of benzene rings is 1. The first-order chi connectivity index (χ1) is 9.02. The van der Waals surface area contributed by atoms with Crippen molar-refractivity contribution in [3.63, 3.8) is 0 Å². The third kappa shape index (κ3) is 7.12. The summed E-state index contributed by atoms with van der Waals surface area (Å²) < 4.78 is 0. The maximum atomic E-state index is 4.24. The van der Waals surface area contributed by atoms with Crippen molar-refractivity contribution in [3.05, 3.63) is 35.4 Å². The van der Waals surface area contributed by atoms with Crippen molar-refractivity contribution >= 4 is 29.9 Å². The molecule has 0 aromatic heterocycles. The van der Waals surface area contributed by atoms with Crippen molar-refractivity contribution in [1.82, 2.24) is 10.6 Å². The Labute approximate surface area is 140 Å². The molecule has 20 heavy (non-hydrogen) atoms. The predicted octanol–water partition coefficient (Wildman–Crippen LogP) is 3.54. The van der Waals surface area contributed by atoms with Gasteiger partial charge in [-0.05, 0) is 24.3 Å². The first-order valence-electron chi connectivity index (χ1n) is 7.04. The Hall–Kier alpha value is -0.780. The second kappa shape index (κ2) is 10.0. The van der Waals surface area contributed by atoms with Crippen molar-refractivity contribution < 1.29 is 0 Å². The summed E-state index contributed by atoms with van der Waals surface area (Å²) in [5.41, 5.74) is 2.68. The lowest BCUT2D eigenvalue weighted by atomic mass is 9.99. The van der Waals surface area contributed by atoms with Crippen LogP contribution in [0.1, 0.15) is 37.8 Å². The number of guanidine groups is 1. The first kappa shape index (κ1) is 19.2. The number of hydrogen-bond donors (Lipinski definition) is 2. The van der Waals surface area contributed by atoms with Crippen LogP contribution < -0.4 is 10.6 Å². The summed E-state index contributed by atoms with van der Waals surface area (Å²) in [6, 6.07) is 8.68. The lowest BCUT2D eigenvalue weighted by Crippen LogP contribution is -2.40. The van der Waals surface area contributed by atoms with Crippen LogP contribution in [-0.2, 0) is 0 Å². The highest BCUT2D eigenvalue weighted by molar-refractivity contribution is 14.0. The Morgan fingerprint density at radius 2 is 1.80 bits per heavy atom. The molecule has 0 aliphatic heterocycles. The van der Waals surface area contributed by atoms with E-state index in [9.17, 15) is 0 Å². The average molecular weight is 389 g/mol. The van der Waals surface area contributed by atoms with E-state index in [2.05, 4.69) is 67.6 Å². The van der Waals surface area contributed by atoms with Gasteiger partial charge in [0.1, 0.15) is 0 Å². The number of halogens is 1. The van der Waals surface area contributed by atoms with Crippen LogP contribution in [0.25, 0.3) is 0 Å². The van der Waals surface area contributed by atoms with Crippen molar-refractivity contribution in [2.75, 3.05) is 20.1 Å². The number of aliphatic imine (C=N–C) groups is 1. The molecule has 1 aromatic carbocycles. The van der Waals surface area contributed by atoms with Crippen LogP contribution in [0.4, 0.5) is 0 Å². The number of hydrogen-bond acceptors (Lipinski definition) is 1. The van der Waals surface area contributed by atoms with Gasteiger partial charge in [0.2, 0.25) is 0 Å². The molecule has 114 valence electrons. The van der Waals surface area contributed by atoms with Gasteiger partial charge in [-0.2, -0.15) is 0 Å². The van der Waals surface area contributed by atoms with E-state index >= 15 is 0 Å². The van der Waals surface area contributed by atoms with E-state index in [-0.39, 0.29) is 24.0 Å². The van der Waals surface area contributed by atoms with E-state index in [4.69, 9.17) is 0 Å². The van der Waals surface area contributed by atoms with Crippen molar-refractivity contribution in [1.29, 1.82) is 0 Å². The predicted molar refractivity (Wildman–Crippen MR) is 99.2 cm³/mol. The molecule has 0 saturated carbocycles. The lowest BCUT2D eigenvalue weighted by molar-refractivity contribution is 0.609. The molecule has 0 radical (unpaired) electrons. The van der Waals surface area contributed by atoms with Crippen LogP contribution in [0.5, 0.6) is 0 Å². The van der Waals surface area contributed by atoms with Gasteiger partial charge in [-0.25, -0.2) is 0 Å². The highest BCUT2D eigenvalue weighted by atomic mass is 127. The molecule has 1 rings (SSSR count). The molecule has 4 heteroatoms. The maximum absolute atomic E-state index is 4.24. The van der Waals surface area contributed by atoms with Crippen molar-refractivity contribution in [3.8, 4) is 0 Å². The molecule has 0 heterocycles. The third-order valence-corrected chi connectivity index (χ3v) is 3.09. The topological polar surface area (TPSA) is 36.4 Å². The summed E-state index contributed by atoms with van der Waals surface area (Å²) in [6.45, 7) is 10.6. The van der Waals surface area contributed by atoms with E-state index in [1.807, 2.05) is 7.05 Å². The summed E-state index contributed by atoms with van der Waals surface area (Å²) in [6.07, 6.45) is 0. The lowest BCUT2D eigenvalue weighted by Gasteiger charge is -2.17. The summed E-state index contributed by atoms with van der Waals surface area (Å²) in [7, 11) is 1.81. The van der Waals surface area contributed by atoms with Crippen molar-refractivity contribution in [2.45, 2.75) is 33.6 Å². The second-order valence-electron chi connectivity index (χ2n) is 5.54. The Kier molecular flexibility index (Phi) is 9.63. The molecular formula is C16H28IN3. The molecule has 1 aromatic rings. The Bertz CT molecular complexity index is 416. The summed E-state index contributed by atoms with van der Waals surface area (Å²) in [5, 5.41) is 6.71. The van der Waals surface area contributed by atoms with Gasteiger partial charge in [-0.15, -0.1) is 24.0 Å². The summed E-state index contributed by atoms with van der Waals surface area (Å²) in [5.74, 6) is 1.97. The largest absolute Gasteiger partial charge is 0.356 e. The second-order valence-corrected chi connectivity index (χ2v) is 5.54. The molecule has 2 N–H and O–H groups in total. The number of nitrogens with zero attached hydrogens (tertiary/aromatic N) is 1. The van der Waals surface area contributed by atoms with Gasteiger partial charge in [0, 0.05) is 20.1 Å². The van der Waals surface area contributed by atoms with Crippen LogP contribution in [0.3, 0.4) is 0 Å². The van der Waals surface area contributed by atoms with Gasteiger partial charge in [-0.3, -0.25) is 4.99 Å². The number of rotatable bonds is 5. The van der Waals surface area contributed by atoms with Gasteiger partial charge in [0.05, 0.1) is 0 Å². The number of nitrogens with one attached hydrogen (secondary N) is 2. The van der Waals surface area contributed by atoms with Gasteiger partial charge in [-0.1, -0.05) is 50.6 Å². The molecule has 0 saturated heterocycles. The van der Waals surface area contributed by atoms with Crippen LogP contribution in [0.15, 0.2) is 29.3 Å². The van der Waals surface area contributed by atoms with Crippen LogP contribution in [-0.4, -0.2) is 26.1 Å². The summed E-state index contributed by atoms with van der Waals surface area (Å²) >= 11 is 0. The van der Waals surface area contributed by atoms with Gasteiger partial charge in [0.25, 0.3) is 0 Å². The third-order valence-electron chi connectivity index (χ3n) is 3.09. The van der Waals surface area contributed by atoms with E-state index in [1.54, 1.807) is 0 Å². The molecule has 1 unspecified atom stereocenters. The maximum Gasteiger partial charge on any atom is 0.191 e. The Morgan fingerprint density at radius 1 is 1.15 bits per heavy atom. The fourth-order valence-corrected chi connectivity index (χ4v) is 1.87. The molecular weight excluding hydrogens is 361 g/mol. The van der Waals surface area contributed by atoms with Gasteiger partial charge >= 0.3 is 0 Å². The number of aryl methyl sites for hydroxylation is 1. The SMILES string of the molecule is CN=C(NCC(C)C)NCC(C)c1cccc(C)c1.I. The van der Waals surface area contributed by atoms with Gasteiger partial charge < -0.3 is 10.6 Å². The zero-order chi connectivity index (χ0) is 14.3. The molecule has 0 fully saturated rings. The highest BCUT2D eigenvalue weighted by Gasteiger charge is 2.07. The fourth-order valence-electron chi connectivity index (χ4n) is 1.87. The van der Waals surface area contributed by atoms with Crippen LogP contribution in [0.2, 0.25) is 0 Å². The van der Waals surface area contributed by atoms with Crippen molar-refractivity contribution in [2.24, 2.45) is 10.9 Å². The quantitative estimate of drug-likeness (QED) is 0.459. The molecule has 3 nitrogen and oxygen atoms in total. The molecule has 0 spiro atoms. The van der Waals surface area contributed by atoms with E-state index in [1.165, 1.54) is 11.1 Å². The minimum atomic E-state index is 0. The highest BCUT2D eigenvalue weighted by Crippen LogP contribution is 2.15. The van der Waals surface area contributed by atoms with Crippen LogP contribution in [0, 0.1) is 12.8 Å². The van der Waals surface area contributed by atoms with Gasteiger partial charge in [0.15, 0.2) is 5.96 Å². The minimum absolute atomic E-state index is 0. The zero-order valence-corrected chi connectivity index (χ0v) is 15.6. The Morgan fingerprint density at radius 3 is 2.35 bits per heavy atom. The van der Waals surface area contributed by atoms with E-state index in [0.717, 1.165) is 19.0 Å². The molecule has 0 amide bonds. The monoisotopic (exact) mass is 389 g/mol. The smallest absolute Gasteiger partial charge is 0.191 e.